The fourth-order valence-corrected chi connectivity index (χ4v) is 3.55. The van der Waals surface area contributed by atoms with Crippen LogP contribution in [0.2, 0.25) is 0 Å². The Morgan fingerprint density at radius 3 is 1.46 bits per heavy atom. The quantitative estimate of drug-likeness (QED) is 0.841. The highest BCUT2D eigenvalue weighted by atomic mass is 16.2. The second-order valence-corrected chi connectivity index (χ2v) is 6.96. The lowest BCUT2D eigenvalue weighted by Gasteiger charge is -2.33. The van der Waals surface area contributed by atoms with E-state index in [1.54, 1.807) is 0 Å². The summed E-state index contributed by atoms with van der Waals surface area (Å²) in [5.74, 6) is 0.0378. The number of carbonyl (C=O) groups is 2. The van der Waals surface area contributed by atoms with Gasteiger partial charge in [-0.15, -0.1) is 0 Å². The first-order valence-electron chi connectivity index (χ1n) is 9.37. The molecule has 2 N–H and O–H groups in total. The maximum absolute atomic E-state index is 12.4. The van der Waals surface area contributed by atoms with Gasteiger partial charge < -0.3 is 10.6 Å². The Labute approximate surface area is 155 Å². The van der Waals surface area contributed by atoms with Gasteiger partial charge in [0.25, 0.3) is 0 Å². The molecule has 1 fully saturated rings. The van der Waals surface area contributed by atoms with E-state index in [0.717, 1.165) is 36.8 Å². The first-order valence-corrected chi connectivity index (χ1v) is 9.37. The zero-order valence-corrected chi connectivity index (χ0v) is 15.0. The fraction of sp³-hybridized carbons (Fsp3) is 0.364. The zero-order valence-electron chi connectivity index (χ0n) is 15.0. The van der Waals surface area contributed by atoms with Gasteiger partial charge in [0.2, 0.25) is 11.8 Å². The summed E-state index contributed by atoms with van der Waals surface area (Å²) < 4.78 is 0. The second kappa shape index (κ2) is 9.18. The van der Waals surface area contributed by atoms with Crippen LogP contribution >= 0.6 is 0 Å². The van der Waals surface area contributed by atoms with Crippen molar-refractivity contribution in [3.63, 3.8) is 0 Å². The molecule has 0 spiro atoms. The maximum atomic E-state index is 12.4. The van der Waals surface area contributed by atoms with Gasteiger partial charge in [0.15, 0.2) is 0 Å². The normalized spacial score (nSPS) is 19.5. The van der Waals surface area contributed by atoms with Crippen molar-refractivity contribution in [2.45, 2.75) is 50.6 Å². The molecule has 0 radical (unpaired) electrons. The van der Waals surface area contributed by atoms with Crippen LogP contribution in [-0.4, -0.2) is 23.9 Å². The van der Waals surface area contributed by atoms with Crippen LogP contribution in [0.25, 0.3) is 0 Å². The molecule has 2 atom stereocenters. The summed E-state index contributed by atoms with van der Waals surface area (Å²) >= 11 is 0. The van der Waals surface area contributed by atoms with Crippen LogP contribution in [0.15, 0.2) is 60.7 Å². The van der Waals surface area contributed by atoms with E-state index in [1.165, 1.54) is 0 Å². The Morgan fingerprint density at radius 1 is 0.692 bits per heavy atom. The molecule has 0 heterocycles. The SMILES string of the molecule is O=C(Cc1ccccc1)NC1CCCCC1NC(=O)Cc1ccccc1. The molecule has 26 heavy (non-hydrogen) atoms. The van der Waals surface area contributed by atoms with Gasteiger partial charge in [-0.25, -0.2) is 0 Å². The van der Waals surface area contributed by atoms with Crippen LogP contribution in [-0.2, 0) is 22.4 Å². The fourth-order valence-electron chi connectivity index (χ4n) is 3.55. The smallest absolute Gasteiger partial charge is 0.224 e. The number of hydrogen-bond donors (Lipinski definition) is 2. The van der Waals surface area contributed by atoms with Crippen molar-refractivity contribution in [3.05, 3.63) is 71.8 Å². The molecule has 2 aromatic rings. The van der Waals surface area contributed by atoms with Gasteiger partial charge in [-0.3, -0.25) is 9.59 Å². The van der Waals surface area contributed by atoms with Crippen LogP contribution in [0.4, 0.5) is 0 Å². The minimum atomic E-state index is 0.0136. The summed E-state index contributed by atoms with van der Waals surface area (Å²) in [6, 6.07) is 19.5. The molecule has 4 heteroatoms. The molecule has 3 rings (SSSR count). The largest absolute Gasteiger partial charge is 0.351 e. The molecular formula is C22H26N2O2. The molecule has 4 nitrogen and oxygen atoms in total. The Kier molecular flexibility index (Phi) is 6.42. The van der Waals surface area contributed by atoms with Crippen molar-refractivity contribution in [1.29, 1.82) is 0 Å². The highest BCUT2D eigenvalue weighted by molar-refractivity contribution is 5.80. The second-order valence-electron chi connectivity index (χ2n) is 6.96. The summed E-state index contributed by atoms with van der Waals surface area (Å²) in [6.45, 7) is 0. The summed E-state index contributed by atoms with van der Waals surface area (Å²) in [6.07, 6.45) is 4.75. The molecule has 2 aromatic carbocycles. The molecular weight excluding hydrogens is 324 g/mol. The summed E-state index contributed by atoms with van der Waals surface area (Å²) in [5, 5.41) is 6.27. The molecule has 1 saturated carbocycles. The van der Waals surface area contributed by atoms with E-state index in [4.69, 9.17) is 0 Å². The summed E-state index contributed by atoms with van der Waals surface area (Å²) in [5.41, 5.74) is 2.01. The Hall–Kier alpha value is -2.62. The third-order valence-electron chi connectivity index (χ3n) is 4.87. The van der Waals surface area contributed by atoms with Gasteiger partial charge in [-0.05, 0) is 24.0 Å². The van der Waals surface area contributed by atoms with E-state index in [1.807, 2.05) is 60.7 Å². The number of hydrogen-bond acceptors (Lipinski definition) is 2. The van der Waals surface area contributed by atoms with Crippen LogP contribution in [0.1, 0.15) is 36.8 Å². The standard InChI is InChI=1S/C22H26N2O2/c25-21(15-17-9-3-1-4-10-17)23-19-13-7-8-14-20(19)24-22(26)16-18-11-5-2-6-12-18/h1-6,9-12,19-20H,7-8,13-16H2,(H,23,25)(H,24,26). The monoisotopic (exact) mass is 350 g/mol. The maximum Gasteiger partial charge on any atom is 0.224 e. The summed E-state index contributed by atoms with van der Waals surface area (Å²) in [4.78, 5) is 24.8. The van der Waals surface area contributed by atoms with E-state index in [9.17, 15) is 9.59 Å². The van der Waals surface area contributed by atoms with Gasteiger partial charge >= 0.3 is 0 Å². The van der Waals surface area contributed by atoms with E-state index >= 15 is 0 Å². The highest BCUT2D eigenvalue weighted by Crippen LogP contribution is 2.19. The van der Waals surface area contributed by atoms with Crippen LogP contribution in [0, 0.1) is 0 Å². The van der Waals surface area contributed by atoms with Gasteiger partial charge in [-0.2, -0.15) is 0 Å². The van der Waals surface area contributed by atoms with Crippen molar-refractivity contribution in [3.8, 4) is 0 Å². The Balaban J connectivity index is 1.53. The average Bonchev–Trinajstić information content (AvgIpc) is 2.65. The first-order chi connectivity index (χ1) is 12.7. The van der Waals surface area contributed by atoms with Crippen LogP contribution < -0.4 is 10.6 Å². The van der Waals surface area contributed by atoms with Crippen molar-refractivity contribution >= 4 is 11.8 Å². The van der Waals surface area contributed by atoms with E-state index in [-0.39, 0.29) is 23.9 Å². The predicted octanol–water partition coefficient (Wildman–Crippen LogP) is 3.02. The predicted molar refractivity (Wildman–Crippen MR) is 103 cm³/mol. The van der Waals surface area contributed by atoms with Crippen molar-refractivity contribution in [1.82, 2.24) is 10.6 Å². The first kappa shape index (κ1) is 18.2. The van der Waals surface area contributed by atoms with Gasteiger partial charge in [0, 0.05) is 12.1 Å². The lowest BCUT2D eigenvalue weighted by atomic mass is 9.89. The van der Waals surface area contributed by atoms with E-state index in [0.29, 0.717) is 12.8 Å². The average molecular weight is 350 g/mol. The molecule has 0 saturated heterocycles. The van der Waals surface area contributed by atoms with E-state index in [2.05, 4.69) is 10.6 Å². The lowest BCUT2D eigenvalue weighted by molar-refractivity contribution is -0.124. The minimum absolute atomic E-state index is 0.0136. The third kappa shape index (κ3) is 5.45. The third-order valence-corrected chi connectivity index (χ3v) is 4.87. The van der Waals surface area contributed by atoms with Crippen LogP contribution in [0.3, 0.4) is 0 Å². The number of amides is 2. The molecule has 2 unspecified atom stereocenters. The topological polar surface area (TPSA) is 58.2 Å². The lowest BCUT2D eigenvalue weighted by Crippen LogP contribution is -2.53. The minimum Gasteiger partial charge on any atom is -0.351 e. The molecule has 136 valence electrons. The van der Waals surface area contributed by atoms with Gasteiger partial charge in [0.05, 0.1) is 12.8 Å². The molecule has 0 aromatic heterocycles. The molecule has 1 aliphatic carbocycles. The Morgan fingerprint density at radius 2 is 1.08 bits per heavy atom. The molecule has 2 amide bonds. The van der Waals surface area contributed by atoms with Gasteiger partial charge in [0.1, 0.15) is 0 Å². The molecule has 0 aliphatic heterocycles. The number of rotatable bonds is 6. The number of carbonyl (C=O) groups excluding carboxylic acids is 2. The van der Waals surface area contributed by atoms with Crippen molar-refractivity contribution in [2.24, 2.45) is 0 Å². The summed E-state index contributed by atoms with van der Waals surface area (Å²) in [7, 11) is 0. The van der Waals surface area contributed by atoms with Crippen molar-refractivity contribution in [2.75, 3.05) is 0 Å². The zero-order chi connectivity index (χ0) is 18.2. The van der Waals surface area contributed by atoms with E-state index < -0.39 is 0 Å². The number of nitrogens with one attached hydrogen (secondary N) is 2. The highest BCUT2D eigenvalue weighted by Gasteiger charge is 2.27. The molecule has 1 aliphatic rings. The van der Waals surface area contributed by atoms with Gasteiger partial charge in [-0.1, -0.05) is 73.5 Å². The van der Waals surface area contributed by atoms with Crippen LogP contribution in [0.5, 0.6) is 0 Å². The number of benzene rings is 2. The van der Waals surface area contributed by atoms with Crippen molar-refractivity contribution < 1.29 is 9.59 Å². The molecule has 0 bridgehead atoms. The Bertz CT molecular complexity index is 652.